The Labute approximate surface area is 111 Å². The SMILES string of the molecule is Oc1ccccc1/C=N/C(=S)Nc1ccccc1. The number of nitrogens with zero attached hydrogens (tertiary/aromatic N) is 1. The van der Waals surface area contributed by atoms with E-state index in [0.29, 0.717) is 10.7 Å². The summed E-state index contributed by atoms with van der Waals surface area (Å²) in [5.74, 6) is 0.184. The fourth-order valence-electron chi connectivity index (χ4n) is 1.40. The zero-order valence-corrected chi connectivity index (χ0v) is 10.4. The Hall–Kier alpha value is -2.20. The highest BCUT2D eigenvalue weighted by Gasteiger charge is 1.97. The van der Waals surface area contributed by atoms with E-state index in [4.69, 9.17) is 12.2 Å². The zero-order valence-electron chi connectivity index (χ0n) is 9.58. The molecule has 4 heteroatoms. The maximum Gasteiger partial charge on any atom is 0.197 e. The van der Waals surface area contributed by atoms with E-state index in [1.807, 2.05) is 36.4 Å². The van der Waals surface area contributed by atoms with Gasteiger partial charge in [0.2, 0.25) is 0 Å². The summed E-state index contributed by atoms with van der Waals surface area (Å²) >= 11 is 5.09. The first-order chi connectivity index (χ1) is 8.75. The summed E-state index contributed by atoms with van der Waals surface area (Å²) in [6.07, 6.45) is 1.54. The number of hydrogen-bond donors (Lipinski definition) is 2. The quantitative estimate of drug-likeness (QED) is 0.640. The molecule has 0 bridgehead atoms. The Kier molecular flexibility index (Phi) is 4.04. The Morgan fingerprint density at radius 3 is 2.44 bits per heavy atom. The number of benzene rings is 2. The lowest BCUT2D eigenvalue weighted by molar-refractivity contribution is 0.474. The number of aromatic hydroxyl groups is 1. The molecule has 0 aliphatic rings. The molecule has 0 unspecified atom stereocenters. The van der Waals surface area contributed by atoms with Gasteiger partial charge >= 0.3 is 0 Å². The number of thiocarbonyl (C=S) groups is 1. The van der Waals surface area contributed by atoms with Crippen LogP contribution in [0.4, 0.5) is 5.69 Å². The largest absolute Gasteiger partial charge is 0.507 e. The minimum Gasteiger partial charge on any atom is -0.507 e. The highest BCUT2D eigenvalue weighted by atomic mass is 32.1. The summed E-state index contributed by atoms with van der Waals surface area (Å²) in [5, 5.41) is 12.9. The fourth-order valence-corrected chi connectivity index (χ4v) is 1.57. The van der Waals surface area contributed by atoms with Gasteiger partial charge in [-0.25, -0.2) is 4.99 Å². The van der Waals surface area contributed by atoms with Crippen LogP contribution in [0.1, 0.15) is 5.56 Å². The average Bonchev–Trinajstić information content (AvgIpc) is 2.39. The summed E-state index contributed by atoms with van der Waals surface area (Å²) in [7, 11) is 0. The van der Waals surface area contributed by atoms with Crippen LogP contribution in [-0.2, 0) is 0 Å². The molecule has 3 nitrogen and oxygen atoms in total. The predicted octanol–water partition coefficient (Wildman–Crippen LogP) is 3.21. The third-order valence-electron chi connectivity index (χ3n) is 2.28. The van der Waals surface area contributed by atoms with Crippen LogP contribution in [0.15, 0.2) is 59.6 Å². The summed E-state index contributed by atoms with van der Waals surface area (Å²) in [4.78, 5) is 4.09. The Balaban J connectivity index is 2.02. The van der Waals surface area contributed by atoms with Crippen molar-refractivity contribution >= 4 is 29.2 Å². The van der Waals surface area contributed by atoms with Gasteiger partial charge in [-0.05, 0) is 36.5 Å². The number of para-hydroxylation sites is 2. The standard InChI is InChI=1S/C14H12N2OS/c17-13-9-5-4-6-11(13)10-15-14(18)16-12-7-2-1-3-8-12/h1-10,17H,(H,16,18)/b15-10+. The maximum atomic E-state index is 9.56. The molecule has 2 aromatic rings. The van der Waals surface area contributed by atoms with Crippen LogP contribution in [0, 0.1) is 0 Å². The maximum absolute atomic E-state index is 9.56. The molecule has 2 rings (SSSR count). The number of phenolic OH excluding ortho intramolecular Hbond substituents is 1. The van der Waals surface area contributed by atoms with Crippen LogP contribution in [0.3, 0.4) is 0 Å². The van der Waals surface area contributed by atoms with Crippen LogP contribution >= 0.6 is 12.2 Å². The molecule has 0 amide bonds. The molecule has 0 saturated carbocycles. The topological polar surface area (TPSA) is 44.6 Å². The third-order valence-corrected chi connectivity index (χ3v) is 2.49. The molecule has 0 heterocycles. The van der Waals surface area contributed by atoms with Gasteiger partial charge in [0.25, 0.3) is 0 Å². The summed E-state index contributed by atoms with van der Waals surface area (Å²) in [5.41, 5.74) is 1.52. The lowest BCUT2D eigenvalue weighted by atomic mass is 10.2. The van der Waals surface area contributed by atoms with E-state index in [2.05, 4.69) is 10.3 Å². The summed E-state index contributed by atoms with van der Waals surface area (Å²) in [6.45, 7) is 0. The second-order valence-corrected chi connectivity index (χ2v) is 4.00. The number of phenols is 1. The number of hydrogen-bond acceptors (Lipinski definition) is 2. The number of aliphatic imine (C=N–C) groups is 1. The molecule has 2 aromatic carbocycles. The van der Waals surface area contributed by atoms with Gasteiger partial charge in [-0.2, -0.15) is 0 Å². The number of nitrogens with one attached hydrogen (secondary N) is 1. The van der Waals surface area contributed by atoms with Crippen molar-refractivity contribution < 1.29 is 5.11 Å². The number of rotatable bonds is 2. The van der Waals surface area contributed by atoms with Crippen molar-refractivity contribution in [1.82, 2.24) is 0 Å². The van der Waals surface area contributed by atoms with E-state index in [-0.39, 0.29) is 5.75 Å². The first-order valence-electron chi connectivity index (χ1n) is 5.44. The molecule has 0 radical (unpaired) electrons. The Morgan fingerprint density at radius 1 is 1.06 bits per heavy atom. The van der Waals surface area contributed by atoms with Crippen LogP contribution in [-0.4, -0.2) is 16.4 Å². The van der Waals surface area contributed by atoms with Crippen LogP contribution < -0.4 is 5.32 Å². The molecule has 0 atom stereocenters. The van der Waals surface area contributed by atoms with Crippen LogP contribution in [0.5, 0.6) is 5.75 Å². The summed E-state index contributed by atoms with van der Waals surface area (Å²) in [6, 6.07) is 16.5. The monoisotopic (exact) mass is 256 g/mol. The van der Waals surface area contributed by atoms with E-state index in [9.17, 15) is 5.11 Å². The molecular formula is C14H12N2OS. The normalized spacial score (nSPS) is 10.4. The minimum absolute atomic E-state index is 0.184. The van der Waals surface area contributed by atoms with Gasteiger partial charge in [0.05, 0.1) is 0 Å². The molecule has 0 fully saturated rings. The summed E-state index contributed by atoms with van der Waals surface area (Å²) < 4.78 is 0. The smallest absolute Gasteiger partial charge is 0.197 e. The van der Waals surface area contributed by atoms with Crippen molar-refractivity contribution in [2.24, 2.45) is 4.99 Å². The van der Waals surface area contributed by atoms with E-state index in [0.717, 1.165) is 5.69 Å². The van der Waals surface area contributed by atoms with E-state index < -0.39 is 0 Å². The van der Waals surface area contributed by atoms with Crippen molar-refractivity contribution in [3.05, 3.63) is 60.2 Å². The van der Waals surface area contributed by atoms with Gasteiger partial charge in [0, 0.05) is 17.5 Å². The van der Waals surface area contributed by atoms with Gasteiger partial charge in [0.15, 0.2) is 5.11 Å². The molecule has 90 valence electrons. The van der Waals surface area contributed by atoms with Crippen LogP contribution in [0.25, 0.3) is 0 Å². The molecule has 18 heavy (non-hydrogen) atoms. The molecule has 0 aromatic heterocycles. The predicted molar refractivity (Wildman–Crippen MR) is 78.4 cm³/mol. The third kappa shape index (κ3) is 3.40. The van der Waals surface area contributed by atoms with Crippen molar-refractivity contribution in [2.75, 3.05) is 5.32 Å². The average molecular weight is 256 g/mol. The molecular weight excluding hydrogens is 244 g/mol. The fraction of sp³-hybridized carbons (Fsp3) is 0. The van der Waals surface area contributed by atoms with Gasteiger partial charge in [-0.1, -0.05) is 30.3 Å². The van der Waals surface area contributed by atoms with Gasteiger partial charge in [0.1, 0.15) is 5.75 Å². The van der Waals surface area contributed by atoms with Gasteiger partial charge < -0.3 is 10.4 Å². The molecule has 0 aliphatic carbocycles. The van der Waals surface area contributed by atoms with E-state index in [1.54, 1.807) is 18.2 Å². The van der Waals surface area contributed by atoms with Crippen molar-refractivity contribution in [3.63, 3.8) is 0 Å². The zero-order chi connectivity index (χ0) is 12.8. The highest BCUT2D eigenvalue weighted by Crippen LogP contribution is 2.13. The minimum atomic E-state index is 0.184. The van der Waals surface area contributed by atoms with E-state index in [1.165, 1.54) is 6.21 Å². The molecule has 0 spiro atoms. The second-order valence-electron chi connectivity index (χ2n) is 3.61. The lowest BCUT2D eigenvalue weighted by Gasteiger charge is -2.03. The van der Waals surface area contributed by atoms with Gasteiger partial charge in [-0.15, -0.1) is 0 Å². The molecule has 0 aliphatic heterocycles. The van der Waals surface area contributed by atoms with Crippen molar-refractivity contribution in [1.29, 1.82) is 0 Å². The highest BCUT2D eigenvalue weighted by molar-refractivity contribution is 7.80. The Morgan fingerprint density at radius 2 is 1.72 bits per heavy atom. The van der Waals surface area contributed by atoms with E-state index >= 15 is 0 Å². The second kappa shape index (κ2) is 5.93. The van der Waals surface area contributed by atoms with Crippen molar-refractivity contribution in [3.8, 4) is 5.75 Å². The lowest BCUT2D eigenvalue weighted by Crippen LogP contribution is -2.05. The molecule has 2 N–H and O–H groups in total. The first kappa shape index (κ1) is 12.3. The van der Waals surface area contributed by atoms with Gasteiger partial charge in [-0.3, -0.25) is 0 Å². The first-order valence-corrected chi connectivity index (χ1v) is 5.84. The number of anilines is 1. The van der Waals surface area contributed by atoms with Crippen LogP contribution in [0.2, 0.25) is 0 Å². The molecule has 0 saturated heterocycles. The van der Waals surface area contributed by atoms with Crippen molar-refractivity contribution in [2.45, 2.75) is 0 Å². The Bertz CT molecular complexity index is 567.